The SMILES string of the molecule is CNCc1sc(S(=O)(=O)NC2CCCC2(C)C)cc1C. The van der Waals surface area contributed by atoms with Gasteiger partial charge in [-0.3, -0.25) is 0 Å². The molecule has 1 heterocycles. The van der Waals surface area contributed by atoms with Crippen LogP contribution in [0.25, 0.3) is 0 Å². The van der Waals surface area contributed by atoms with Gasteiger partial charge in [0.2, 0.25) is 10.0 Å². The van der Waals surface area contributed by atoms with Crippen molar-refractivity contribution in [1.82, 2.24) is 10.0 Å². The number of nitrogens with one attached hydrogen (secondary N) is 2. The molecule has 20 heavy (non-hydrogen) atoms. The minimum Gasteiger partial charge on any atom is -0.315 e. The summed E-state index contributed by atoms with van der Waals surface area (Å²) >= 11 is 1.36. The molecule has 1 atom stereocenters. The summed E-state index contributed by atoms with van der Waals surface area (Å²) in [6.07, 6.45) is 3.10. The zero-order valence-electron chi connectivity index (χ0n) is 12.6. The molecule has 1 aromatic rings. The highest BCUT2D eigenvalue weighted by atomic mass is 32.2. The fourth-order valence-electron chi connectivity index (χ4n) is 2.75. The second kappa shape index (κ2) is 5.75. The Bertz CT molecular complexity index is 576. The van der Waals surface area contributed by atoms with Crippen molar-refractivity contribution in [3.63, 3.8) is 0 Å². The topological polar surface area (TPSA) is 58.2 Å². The Kier molecular flexibility index (Phi) is 4.59. The summed E-state index contributed by atoms with van der Waals surface area (Å²) in [5, 5.41) is 3.07. The van der Waals surface area contributed by atoms with Crippen LogP contribution in [0.4, 0.5) is 0 Å². The summed E-state index contributed by atoms with van der Waals surface area (Å²) in [6, 6.07) is 1.82. The fraction of sp³-hybridized carbons (Fsp3) is 0.714. The molecule has 0 spiro atoms. The molecule has 0 amide bonds. The molecular formula is C14H24N2O2S2. The molecule has 4 nitrogen and oxygen atoms in total. The van der Waals surface area contributed by atoms with Crippen molar-refractivity contribution in [1.29, 1.82) is 0 Å². The van der Waals surface area contributed by atoms with Gasteiger partial charge in [-0.15, -0.1) is 11.3 Å². The molecule has 1 aliphatic carbocycles. The fourth-order valence-corrected chi connectivity index (χ4v) is 5.81. The van der Waals surface area contributed by atoms with E-state index < -0.39 is 10.0 Å². The molecule has 1 saturated carbocycles. The molecular weight excluding hydrogens is 292 g/mol. The average Bonchev–Trinajstić information content (AvgIpc) is 2.85. The molecule has 2 rings (SSSR count). The zero-order chi connectivity index (χ0) is 15.0. The summed E-state index contributed by atoms with van der Waals surface area (Å²) < 4.78 is 28.4. The van der Waals surface area contributed by atoms with E-state index in [1.807, 2.05) is 14.0 Å². The molecule has 0 saturated heterocycles. The first-order chi connectivity index (χ1) is 9.26. The third kappa shape index (κ3) is 3.24. The van der Waals surface area contributed by atoms with Gasteiger partial charge >= 0.3 is 0 Å². The Morgan fingerprint density at radius 3 is 2.70 bits per heavy atom. The molecule has 114 valence electrons. The maximum absolute atomic E-state index is 12.5. The lowest BCUT2D eigenvalue weighted by Gasteiger charge is -2.27. The highest BCUT2D eigenvalue weighted by Crippen LogP contribution is 2.38. The van der Waals surface area contributed by atoms with Gasteiger partial charge < -0.3 is 5.32 Å². The lowest BCUT2D eigenvalue weighted by molar-refractivity contribution is 0.313. The molecule has 2 N–H and O–H groups in total. The maximum Gasteiger partial charge on any atom is 0.250 e. The van der Waals surface area contributed by atoms with Crippen LogP contribution >= 0.6 is 11.3 Å². The Labute approximate surface area is 126 Å². The summed E-state index contributed by atoms with van der Waals surface area (Å²) in [7, 11) is -1.53. The van der Waals surface area contributed by atoms with Gasteiger partial charge in [-0.05, 0) is 43.9 Å². The second-order valence-corrected chi connectivity index (χ2v) is 9.33. The Morgan fingerprint density at radius 2 is 2.15 bits per heavy atom. The van der Waals surface area contributed by atoms with Crippen molar-refractivity contribution in [3.05, 3.63) is 16.5 Å². The van der Waals surface area contributed by atoms with E-state index in [1.54, 1.807) is 6.07 Å². The zero-order valence-corrected chi connectivity index (χ0v) is 14.2. The molecule has 0 aromatic carbocycles. The first-order valence-electron chi connectivity index (χ1n) is 7.02. The molecule has 6 heteroatoms. The van der Waals surface area contributed by atoms with Gasteiger partial charge in [0.05, 0.1) is 0 Å². The first kappa shape index (κ1) is 15.9. The predicted molar refractivity (Wildman–Crippen MR) is 83.6 cm³/mol. The number of thiophene rings is 1. The summed E-state index contributed by atoms with van der Waals surface area (Å²) in [6.45, 7) is 6.95. The van der Waals surface area contributed by atoms with Gasteiger partial charge in [0.25, 0.3) is 0 Å². The number of rotatable bonds is 5. The summed E-state index contributed by atoms with van der Waals surface area (Å²) in [5.41, 5.74) is 1.09. The standard InChI is InChI=1S/C14H24N2O2S2/c1-10-8-13(19-11(10)9-15-4)20(17,18)16-12-6-5-7-14(12,2)3/h8,12,15-16H,5-7,9H2,1-4H3. The van der Waals surface area contributed by atoms with Gasteiger partial charge in [0.1, 0.15) is 4.21 Å². The van der Waals surface area contributed by atoms with Crippen LogP contribution in [-0.4, -0.2) is 21.5 Å². The van der Waals surface area contributed by atoms with Crippen LogP contribution in [0.3, 0.4) is 0 Å². The van der Waals surface area contributed by atoms with Gasteiger partial charge in [-0.2, -0.15) is 0 Å². The van der Waals surface area contributed by atoms with E-state index >= 15 is 0 Å². The van der Waals surface area contributed by atoms with Gasteiger partial charge in [-0.1, -0.05) is 20.3 Å². The molecule has 0 radical (unpaired) electrons. The van der Waals surface area contributed by atoms with E-state index in [4.69, 9.17) is 0 Å². The lowest BCUT2D eigenvalue weighted by atomic mass is 9.88. The van der Waals surface area contributed by atoms with E-state index in [9.17, 15) is 8.42 Å². The monoisotopic (exact) mass is 316 g/mol. The van der Waals surface area contributed by atoms with Crippen molar-refractivity contribution >= 4 is 21.4 Å². The smallest absolute Gasteiger partial charge is 0.250 e. The van der Waals surface area contributed by atoms with Crippen LogP contribution in [0.5, 0.6) is 0 Å². The largest absolute Gasteiger partial charge is 0.315 e. The lowest BCUT2D eigenvalue weighted by Crippen LogP contribution is -2.41. The van der Waals surface area contributed by atoms with Crippen molar-refractivity contribution in [2.24, 2.45) is 5.41 Å². The van der Waals surface area contributed by atoms with E-state index in [-0.39, 0.29) is 11.5 Å². The van der Waals surface area contributed by atoms with Gasteiger partial charge in [0.15, 0.2) is 0 Å². The van der Waals surface area contributed by atoms with Crippen molar-refractivity contribution in [2.75, 3.05) is 7.05 Å². The second-order valence-electron chi connectivity index (χ2n) is 6.26. The predicted octanol–water partition coefficient (Wildman–Crippen LogP) is 2.63. The molecule has 1 aliphatic rings. The molecule has 1 fully saturated rings. The van der Waals surface area contributed by atoms with E-state index in [1.165, 1.54) is 11.3 Å². The molecule has 0 aliphatic heterocycles. The molecule has 1 unspecified atom stereocenters. The molecule has 1 aromatic heterocycles. The van der Waals surface area contributed by atoms with E-state index in [0.717, 1.165) is 29.7 Å². The van der Waals surface area contributed by atoms with E-state index in [2.05, 4.69) is 23.9 Å². The average molecular weight is 316 g/mol. The number of aryl methyl sites for hydroxylation is 1. The van der Waals surface area contributed by atoms with Gasteiger partial charge in [-0.25, -0.2) is 13.1 Å². The highest BCUT2D eigenvalue weighted by Gasteiger charge is 2.37. The quantitative estimate of drug-likeness (QED) is 0.878. The minimum atomic E-state index is -3.39. The number of sulfonamides is 1. The Morgan fingerprint density at radius 1 is 1.45 bits per heavy atom. The third-order valence-corrected chi connectivity index (χ3v) is 7.34. The van der Waals surface area contributed by atoms with Crippen LogP contribution in [0, 0.1) is 12.3 Å². The van der Waals surface area contributed by atoms with Crippen molar-refractivity contribution < 1.29 is 8.42 Å². The molecule has 0 bridgehead atoms. The van der Waals surface area contributed by atoms with Crippen LogP contribution in [-0.2, 0) is 16.6 Å². The first-order valence-corrected chi connectivity index (χ1v) is 9.32. The number of hydrogen-bond acceptors (Lipinski definition) is 4. The Hall–Kier alpha value is -0.430. The van der Waals surface area contributed by atoms with Crippen molar-refractivity contribution in [2.45, 2.75) is 56.8 Å². The normalized spacial score (nSPS) is 22.3. The van der Waals surface area contributed by atoms with E-state index in [0.29, 0.717) is 10.8 Å². The minimum absolute atomic E-state index is 0.0441. The van der Waals surface area contributed by atoms with Crippen LogP contribution in [0.1, 0.15) is 43.6 Å². The summed E-state index contributed by atoms with van der Waals surface area (Å²) in [5.74, 6) is 0. The third-order valence-electron chi connectivity index (χ3n) is 4.15. The maximum atomic E-state index is 12.5. The summed E-state index contributed by atoms with van der Waals surface area (Å²) in [4.78, 5) is 1.08. The van der Waals surface area contributed by atoms with Crippen LogP contribution < -0.4 is 10.0 Å². The van der Waals surface area contributed by atoms with Crippen LogP contribution in [0.15, 0.2) is 10.3 Å². The van der Waals surface area contributed by atoms with Crippen molar-refractivity contribution in [3.8, 4) is 0 Å². The number of hydrogen-bond donors (Lipinski definition) is 2. The van der Waals surface area contributed by atoms with Crippen LogP contribution in [0.2, 0.25) is 0 Å². The highest BCUT2D eigenvalue weighted by molar-refractivity contribution is 7.91. The van der Waals surface area contributed by atoms with Gasteiger partial charge in [0, 0.05) is 17.5 Å². The Balaban J connectivity index is 2.20.